The molecular weight excluding hydrogens is 302 g/mol. The summed E-state index contributed by atoms with van der Waals surface area (Å²) in [7, 11) is 0. The van der Waals surface area contributed by atoms with Gasteiger partial charge in [-0.25, -0.2) is 0 Å². The van der Waals surface area contributed by atoms with Crippen LogP contribution in [0.4, 0.5) is 0 Å². The maximum absolute atomic E-state index is 12.9. The van der Waals surface area contributed by atoms with Crippen LogP contribution in [-0.2, 0) is 0 Å². The van der Waals surface area contributed by atoms with Gasteiger partial charge in [0.05, 0.1) is 0 Å². The predicted octanol–water partition coefficient (Wildman–Crippen LogP) is 3.92. The zero-order valence-corrected chi connectivity index (χ0v) is 13.9. The molecule has 1 aliphatic heterocycles. The molecule has 2 aromatic rings. The van der Waals surface area contributed by atoms with Crippen molar-refractivity contribution in [3.8, 4) is 11.3 Å². The SMILES string of the molecule is O=C(c1cc(-c2cccnc2)on1)N1CCCC1C1CCCCC1. The number of hydrogen-bond donors (Lipinski definition) is 0. The second-order valence-corrected chi connectivity index (χ2v) is 6.92. The van der Waals surface area contributed by atoms with Crippen LogP contribution in [0.1, 0.15) is 55.4 Å². The molecule has 1 amide bonds. The number of carbonyl (C=O) groups is 1. The fourth-order valence-corrected chi connectivity index (χ4v) is 4.22. The lowest BCUT2D eigenvalue weighted by molar-refractivity contribution is 0.0651. The molecule has 0 N–H and O–H groups in total. The minimum atomic E-state index is 0.0157. The van der Waals surface area contributed by atoms with Crippen molar-refractivity contribution >= 4 is 5.91 Å². The van der Waals surface area contributed by atoms with Crippen LogP contribution in [0, 0.1) is 5.92 Å². The number of carbonyl (C=O) groups excluding carboxylic acids is 1. The van der Waals surface area contributed by atoms with Gasteiger partial charge in [0.2, 0.25) is 0 Å². The topological polar surface area (TPSA) is 59.2 Å². The number of aromatic nitrogens is 2. The van der Waals surface area contributed by atoms with Gasteiger partial charge < -0.3 is 9.42 Å². The molecular formula is C19H23N3O2. The van der Waals surface area contributed by atoms with Crippen molar-refractivity contribution in [3.63, 3.8) is 0 Å². The fourth-order valence-electron chi connectivity index (χ4n) is 4.22. The summed E-state index contributed by atoms with van der Waals surface area (Å²) < 4.78 is 5.37. The van der Waals surface area contributed by atoms with Crippen molar-refractivity contribution in [2.75, 3.05) is 6.54 Å². The molecule has 1 saturated carbocycles. The highest BCUT2D eigenvalue weighted by Crippen LogP contribution is 2.35. The molecule has 126 valence electrons. The average Bonchev–Trinajstić information content (AvgIpc) is 3.32. The molecule has 1 unspecified atom stereocenters. The quantitative estimate of drug-likeness (QED) is 0.858. The minimum Gasteiger partial charge on any atom is -0.355 e. The number of rotatable bonds is 3. The number of hydrogen-bond acceptors (Lipinski definition) is 4. The van der Waals surface area contributed by atoms with E-state index in [1.54, 1.807) is 18.5 Å². The van der Waals surface area contributed by atoms with Crippen LogP contribution in [0.25, 0.3) is 11.3 Å². The smallest absolute Gasteiger partial charge is 0.276 e. The van der Waals surface area contributed by atoms with Crippen LogP contribution in [0.5, 0.6) is 0 Å². The zero-order valence-electron chi connectivity index (χ0n) is 13.9. The summed E-state index contributed by atoms with van der Waals surface area (Å²) in [5.41, 5.74) is 1.26. The maximum atomic E-state index is 12.9. The first kappa shape index (κ1) is 15.4. The van der Waals surface area contributed by atoms with Crippen molar-refractivity contribution in [1.29, 1.82) is 0 Å². The number of nitrogens with zero attached hydrogens (tertiary/aromatic N) is 3. The average molecular weight is 325 g/mol. The van der Waals surface area contributed by atoms with Crippen LogP contribution in [0.3, 0.4) is 0 Å². The van der Waals surface area contributed by atoms with Crippen molar-refractivity contribution in [1.82, 2.24) is 15.0 Å². The molecule has 24 heavy (non-hydrogen) atoms. The van der Waals surface area contributed by atoms with E-state index in [1.165, 1.54) is 32.1 Å². The van der Waals surface area contributed by atoms with Gasteiger partial charge >= 0.3 is 0 Å². The summed E-state index contributed by atoms with van der Waals surface area (Å²) >= 11 is 0. The van der Waals surface area contributed by atoms with E-state index in [1.807, 2.05) is 17.0 Å². The molecule has 2 aromatic heterocycles. The maximum Gasteiger partial charge on any atom is 0.276 e. The van der Waals surface area contributed by atoms with E-state index in [0.29, 0.717) is 23.4 Å². The summed E-state index contributed by atoms with van der Waals surface area (Å²) in [5, 5.41) is 4.02. The van der Waals surface area contributed by atoms with E-state index < -0.39 is 0 Å². The molecule has 5 heteroatoms. The van der Waals surface area contributed by atoms with Crippen LogP contribution in [-0.4, -0.2) is 33.5 Å². The molecule has 0 radical (unpaired) electrons. The highest BCUT2D eigenvalue weighted by Gasteiger charge is 2.36. The number of amides is 1. The minimum absolute atomic E-state index is 0.0157. The first-order valence-electron chi connectivity index (χ1n) is 9.01. The van der Waals surface area contributed by atoms with E-state index >= 15 is 0 Å². The zero-order chi connectivity index (χ0) is 16.4. The second-order valence-electron chi connectivity index (χ2n) is 6.92. The van der Waals surface area contributed by atoms with Gasteiger partial charge in [-0.1, -0.05) is 24.4 Å². The van der Waals surface area contributed by atoms with Crippen LogP contribution in [0.2, 0.25) is 0 Å². The first-order valence-corrected chi connectivity index (χ1v) is 9.01. The second kappa shape index (κ2) is 6.75. The van der Waals surface area contributed by atoms with Crippen LogP contribution in [0.15, 0.2) is 35.1 Å². The molecule has 2 fully saturated rings. The van der Waals surface area contributed by atoms with Gasteiger partial charge in [-0.15, -0.1) is 0 Å². The van der Waals surface area contributed by atoms with Gasteiger partial charge in [-0.05, 0) is 43.7 Å². The van der Waals surface area contributed by atoms with Gasteiger partial charge in [0.25, 0.3) is 5.91 Å². The van der Waals surface area contributed by atoms with Gasteiger partial charge in [0.1, 0.15) is 0 Å². The third-order valence-electron chi connectivity index (χ3n) is 5.43. The molecule has 5 nitrogen and oxygen atoms in total. The Kier molecular flexibility index (Phi) is 4.32. The summed E-state index contributed by atoms with van der Waals surface area (Å²) in [6.45, 7) is 0.842. The highest BCUT2D eigenvalue weighted by molar-refractivity contribution is 5.93. The van der Waals surface area contributed by atoms with Gasteiger partial charge in [-0.3, -0.25) is 9.78 Å². The van der Waals surface area contributed by atoms with Crippen molar-refractivity contribution in [3.05, 3.63) is 36.3 Å². The van der Waals surface area contributed by atoms with Crippen LogP contribution >= 0.6 is 0 Å². The van der Waals surface area contributed by atoms with Crippen LogP contribution < -0.4 is 0 Å². The van der Waals surface area contributed by atoms with E-state index in [-0.39, 0.29) is 5.91 Å². The van der Waals surface area contributed by atoms with E-state index in [9.17, 15) is 4.79 Å². The lowest BCUT2D eigenvalue weighted by atomic mass is 9.83. The molecule has 4 rings (SSSR count). The lowest BCUT2D eigenvalue weighted by Gasteiger charge is -2.33. The molecule has 0 bridgehead atoms. The van der Waals surface area contributed by atoms with E-state index in [2.05, 4.69) is 10.1 Å². The molecule has 2 aliphatic rings. The third kappa shape index (κ3) is 2.95. The Balaban J connectivity index is 1.51. The highest BCUT2D eigenvalue weighted by atomic mass is 16.5. The van der Waals surface area contributed by atoms with Crippen molar-refractivity contribution in [2.45, 2.75) is 51.0 Å². The number of pyridine rings is 1. The third-order valence-corrected chi connectivity index (χ3v) is 5.43. The number of likely N-dealkylation sites (tertiary alicyclic amines) is 1. The Bertz CT molecular complexity index is 692. The Labute approximate surface area is 142 Å². The van der Waals surface area contributed by atoms with Gasteiger partial charge in [0, 0.05) is 36.6 Å². The van der Waals surface area contributed by atoms with Gasteiger partial charge in [-0.2, -0.15) is 0 Å². The Morgan fingerprint density at radius 2 is 2.04 bits per heavy atom. The fraction of sp³-hybridized carbons (Fsp3) is 0.526. The Morgan fingerprint density at radius 1 is 1.17 bits per heavy atom. The molecule has 3 heterocycles. The van der Waals surface area contributed by atoms with Gasteiger partial charge in [0.15, 0.2) is 11.5 Å². The predicted molar refractivity (Wildman–Crippen MR) is 90.4 cm³/mol. The monoisotopic (exact) mass is 325 g/mol. The molecule has 1 saturated heterocycles. The summed E-state index contributed by atoms with van der Waals surface area (Å²) in [4.78, 5) is 19.1. The standard InChI is InChI=1S/C19H23N3O2/c23-19(16-12-18(24-21-16)15-8-4-10-20-13-15)22-11-5-9-17(22)14-6-2-1-3-7-14/h4,8,10,12-14,17H,1-3,5-7,9,11H2. The lowest BCUT2D eigenvalue weighted by Crippen LogP contribution is -2.40. The molecule has 1 aliphatic carbocycles. The Morgan fingerprint density at radius 3 is 2.83 bits per heavy atom. The summed E-state index contributed by atoms with van der Waals surface area (Å²) in [6, 6.07) is 5.88. The summed E-state index contributed by atoms with van der Waals surface area (Å²) in [6.07, 6.45) is 12.1. The Hall–Kier alpha value is -2.17. The van der Waals surface area contributed by atoms with Crippen molar-refractivity contribution in [2.24, 2.45) is 5.92 Å². The molecule has 0 spiro atoms. The first-order chi connectivity index (χ1) is 11.8. The summed E-state index contributed by atoms with van der Waals surface area (Å²) in [5.74, 6) is 1.27. The van der Waals surface area contributed by atoms with Crippen molar-refractivity contribution < 1.29 is 9.32 Å². The molecule has 0 aromatic carbocycles. The molecule has 1 atom stereocenters. The largest absolute Gasteiger partial charge is 0.355 e. The van der Waals surface area contributed by atoms with E-state index in [4.69, 9.17) is 4.52 Å². The normalized spacial score (nSPS) is 22.0. The van der Waals surface area contributed by atoms with E-state index in [0.717, 1.165) is 24.9 Å².